The molecule has 0 unspecified atom stereocenters. The molecule has 0 aliphatic heterocycles. The standard InChI is InChI=1S/C20H20O6/c1-3-25-18-6-4-5-15(20(18)24-2)9-12-17(21)14-7-10-16(11-8-14)26-13-19(22)23/h4-12H,3,13H2,1-2H3,(H,22,23)/p-1/b12-9+. The van der Waals surface area contributed by atoms with Crippen LogP contribution in [0.2, 0.25) is 0 Å². The molecular weight excluding hydrogens is 336 g/mol. The smallest absolute Gasteiger partial charge is 0.185 e. The molecule has 0 N–H and O–H groups in total. The number of carbonyl (C=O) groups is 2. The van der Waals surface area contributed by atoms with E-state index < -0.39 is 12.6 Å². The van der Waals surface area contributed by atoms with Crippen LogP contribution in [0.4, 0.5) is 0 Å². The molecule has 0 aliphatic rings. The van der Waals surface area contributed by atoms with E-state index >= 15 is 0 Å². The third kappa shape index (κ3) is 5.11. The van der Waals surface area contributed by atoms with Gasteiger partial charge in [-0.15, -0.1) is 0 Å². The lowest BCUT2D eigenvalue weighted by atomic mass is 10.1. The van der Waals surface area contributed by atoms with Crippen LogP contribution in [-0.2, 0) is 4.79 Å². The van der Waals surface area contributed by atoms with E-state index in [0.717, 1.165) is 5.56 Å². The topological polar surface area (TPSA) is 84.9 Å². The molecule has 0 fully saturated rings. The van der Waals surface area contributed by atoms with Crippen molar-refractivity contribution in [2.24, 2.45) is 0 Å². The summed E-state index contributed by atoms with van der Waals surface area (Å²) in [4.78, 5) is 22.7. The average molecular weight is 355 g/mol. The molecular formula is C20H19O6-. The number of hydrogen-bond donors (Lipinski definition) is 0. The number of aliphatic carboxylic acids is 1. The number of carboxylic acids is 1. The highest BCUT2D eigenvalue weighted by Crippen LogP contribution is 2.32. The van der Waals surface area contributed by atoms with Crippen molar-refractivity contribution in [2.75, 3.05) is 20.3 Å². The zero-order valence-electron chi connectivity index (χ0n) is 14.6. The second kappa shape index (κ2) is 9.27. The van der Waals surface area contributed by atoms with Crippen molar-refractivity contribution in [3.05, 3.63) is 59.7 Å². The summed E-state index contributed by atoms with van der Waals surface area (Å²) >= 11 is 0. The fourth-order valence-electron chi connectivity index (χ4n) is 2.27. The lowest BCUT2D eigenvalue weighted by Crippen LogP contribution is -2.28. The maximum Gasteiger partial charge on any atom is 0.185 e. The van der Waals surface area contributed by atoms with Crippen LogP contribution in [0, 0.1) is 0 Å². The van der Waals surface area contributed by atoms with E-state index in [2.05, 4.69) is 0 Å². The van der Waals surface area contributed by atoms with E-state index in [-0.39, 0.29) is 5.78 Å². The van der Waals surface area contributed by atoms with Gasteiger partial charge in [0.25, 0.3) is 0 Å². The Morgan fingerprint density at radius 2 is 1.81 bits per heavy atom. The van der Waals surface area contributed by atoms with Gasteiger partial charge in [0.15, 0.2) is 17.3 Å². The number of carboxylic acid groups (broad SMARTS) is 1. The molecule has 6 heteroatoms. The molecule has 136 valence electrons. The molecule has 2 aromatic rings. The van der Waals surface area contributed by atoms with Gasteiger partial charge in [-0.2, -0.15) is 0 Å². The summed E-state index contributed by atoms with van der Waals surface area (Å²) in [6, 6.07) is 11.6. The van der Waals surface area contributed by atoms with Gasteiger partial charge >= 0.3 is 0 Å². The number of allylic oxidation sites excluding steroid dienone is 1. The Morgan fingerprint density at radius 3 is 2.42 bits per heavy atom. The molecule has 0 bridgehead atoms. The van der Waals surface area contributed by atoms with Crippen molar-refractivity contribution >= 4 is 17.8 Å². The van der Waals surface area contributed by atoms with Gasteiger partial charge in [0, 0.05) is 11.1 Å². The van der Waals surface area contributed by atoms with E-state index in [1.165, 1.54) is 18.2 Å². The molecule has 0 atom stereocenters. The Kier molecular flexibility index (Phi) is 6.79. The first-order valence-corrected chi connectivity index (χ1v) is 8.00. The van der Waals surface area contributed by atoms with Crippen molar-refractivity contribution in [3.63, 3.8) is 0 Å². The van der Waals surface area contributed by atoms with E-state index in [1.54, 1.807) is 31.4 Å². The van der Waals surface area contributed by atoms with Gasteiger partial charge in [0.1, 0.15) is 12.4 Å². The molecule has 2 rings (SSSR count). The second-order valence-electron chi connectivity index (χ2n) is 5.19. The second-order valence-corrected chi connectivity index (χ2v) is 5.19. The van der Waals surface area contributed by atoms with E-state index in [9.17, 15) is 14.7 Å². The normalized spacial score (nSPS) is 10.5. The number of ether oxygens (including phenoxy) is 3. The van der Waals surface area contributed by atoms with Crippen LogP contribution in [0.5, 0.6) is 17.2 Å². The molecule has 26 heavy (non-hydrogen) atoms. The number of methoxy groups -OCH3 is 1. The Labute approximate surface area is 151 Å². The van der Waals surface area contributed by atoms with Gasteiger partial charge in [0.05, 0.1) is 19.7 Å². The monoisotopic (exact) mass is 355 g/mol. The SMILES string of the molecule is CCOc1cccc(/C=C/C(=O)c2ccc(OCC(=O)[O-])cc2)c1OC. The maximum absolute atomic E-state index is 12.3. The highest BCUT2D eigenvalue weighted by Gasteiger charge is 2.09. The molecule has 2 aromatic carbocycles. The molecule has 0 heterocycles. The number of benzene rings is 2. The van der Waals surface area contributed by atoms with Gasteiger partial charge in [-0.1, -0.05) is 12.1 Å². The van der Waals surface area contributed by atoms with Gasteiger partial charge in [-0.25, -0.2) is 0 Å². The number of hydrogen-bond acceptors (Lipinski definition) is 6. The van der Waals surface area contributed by atoms with Gasteiger partial charge in [0.2, 0.25) is 0 Å². The lowest BCUT2D eigenvalue weighted by molar-refractivity contribution is -0.307. The fraction of sp³-hybridized carbons (Fsp3) is 0.200. The maximum atomic E-state index is 12.3. The zero-order valence-corrected chi connectivity index (χ0v) is 14.6. The van der Waals surface area contributed by atoms with Crippen LogP contribution < -0.4 is 19.3 Å². The van der Waals surface area contributed by atoms with Crippen LogP contribution in [0.15, 0.2) is 48.5 Å². The van der Waals surface area contributed by atoms with Crippen molar-refractivity contribution in [3.8, 4) is 17.2 Å². The molecule has 0 saturated carbocycles. The summed E-state index contributed by atoms with van der Waals surface area (Å²) in [7, 11) is 1.54. The van der Waals surface area contributed by atoms with Crippen LogP contribution >= 0.6 is 0 Å². The number of ketones is 1. The van der Waals surface area contributed by atoms with Crippen LogP contribution in [0.1, 0.15) is 22.8 Å². The first-order chi connectivity index (χ1) is 12.5. The Balaban J connectivity index is 2.12. The van der Waals surface area contributed by atoms with Crippen molar-refractivity contribution in [1.82, 2.24) is 0 Å². The molecule has 0 aromatic heterocycles. The molecule has 0 spiro atoms. The van der Waals surface area contributed by atoms with Crippen LogP contribution in [0.25, 0.3) is 6.08 Å². The summed E-state index contributed by atoms with van der Waals surface area (Å²) in [6.07, 6.45) is 3.09. The van der Waals surface area contributed by atoms with E-state index in [1.807, 2.05) is 19.1 Å². The Morgan fingerprint density at radius 1 is 1.08 bits per heavy atom. The molecule has 0 saturated heterocycles. The minimum Gasteiger partial charge on any atom is -0.546 e. The third-order valence-electron chi connectivity index (χ3n) is 3.42. The first kappa shape index (κ1) is 19.1. The Hall–Kier alpha value is -3.28. The van der Waals surface area contributed by atoms with E-state index in [4.69, 9.17) is 14.2 Å². The average Bonchev–Trinajstić information content (AvgIpc) is 2.65. The van der Waals surface area contributed by atoms with Crippen LogP contribution in [-0.4, -0.2) is 32.1 Å². The minimum absolute atomic E-state index is 0.208. The molecule has 0 amide bonds. The quantitative estimate of drug-likeness (QED) is 0.506. The van der Waals surface area contributed by atoms with Crippen molar-refractivity contribution < 1.29 is 28.9 Å². The predicted octanol–water partition coefficient (Wildman–Crippen LogP) is 2.12. The largest absolute Gasteiger partial charge is 0.546 e. The van der Waals surface area contributed by atoms with Gasteiger partial charge in [-0.3, -0.25) is 4.79 Å². The zero-order chi connectivity index (χ0) is 18.9. The first-order valence-electron chi connectivity index (χ1n) is 8.00. The fourth-order valence-corrected chi connectivity index (χ4v) is 2.27. The van der Waals surface area contributed by atoms with E-state index in [0.29, 0.717) is 29.4 Å². The summed E-state index contributed by atoms with van der Waals surface area (Å²) in [5, 5.41) is 10.4. The number of rotatable bonds is 9. The molecule has 0 aliphatic carbocycles. The predicted molar refractivity (Wildman–Crippen MR) is 94.5 cm³/mol. The summed E-state index contributed by atoms with van der Waals surface area (Å²) < 4.78 is 15.9. The highest BCUT2D eigenvalue weighted by molar-refractivity contribution is 6.07. The summed E-state index contributed by atoms with van der Waals surface area (Å²) in [6.45, 7) is 1.85. The summed E-state index contributed by atoms with van der Waals surface area (Å²) in [5.74, 6) is 0.000831. The molecule has 0 radical (unpaired) electrons. The molecule has 6 nitrogen and oxygen atoms in total. The number of carbonyl (C=O) groups excluding carboxylic acids is 2. The lowest BCUT2D eigenvalue weighted by Gasteiger charge is -2.11. The number of para-hydroxylation sites is 1. The van der Waals surface area contributed by atoms with Crippen molar-refractivity contribution in [1.29, 1.82) is 0 Å². The Bertz CT molecular complexity index is 792. The van der Waals surface area contributed by atoms with Crippen LogP contribution in [0.3, 0.4) is 0 Å². The summed E-state index contributed by atoms with van der Waals surface area (Å²) in [5.41, 5.74) is 1.17. The van der Waals surface area contributed by atoms with Crippen molar-refractivity contribution in [2.45, 2.75) is 6.92 Å². The minimum atomic E-state index is -1.31. The van der Waals surface area contributed by atoms with Gasteiger partial charge in [-0.05, 0) is 49.4 Å². The third-order valence-corrected chi connectivity index (χ3v) is 3.42. The highest BCUT2D eigenvalue weighted by atomic mass is 16.5. The van der Waals surface area contributed by atoms with Gasteiger partial charge < -0.3 is 24.1 Å².